The second-order valence-electron chi connectivity index (χ2n) is 4.55. The van der Waals surface area contributed by atoms with Crippen LogP contribution >= 0.6 is 11.8 Å². The summed E-state index contributed by atoms with van der Waals surface area (Å²) in [5, 5.41) is 2.69. The van der Waals surface area contributed by atoms with Crippen LogP contribution in [0.4, 0.5) is 0 Å². The third-order valence-corrected chi connectivity index (χ3v) is 4.27. The van der Waals surface area contributed by atoms with E-state index >= 15 is 0 Å². The molecular weight excluding hydrogens is 260 g/mol. The molecule has 1 N–H and O–H groups in total. The number of thioether (sulfide) groups is 1. The molecule has 1 aliphatic heterocycles. The maximum Gasteiger partial charge on any atom is 0.239 e. The maximum atomic E-state index is 11.9. The average Bonchev–Trinajstić information content (AvgIpc) is 2.73. The van der Waals surface area contributed by atoms with Crippen molar-refractivity contribution in [3.8, 4) is 0 Å². The molecule has 19 heavy (non-hydrogen) atoms. The van der Waals surface area contributed by atoms with E-state index in [-0.39, 0.29) is 23.7 Å². The Morgan fingerprint density at radius 2 is 2.11 bits per heavy atom. The van der Waals surface area contributed by atoms with Crippen molar-refractivity contribution >= 4 is 23.6 Å². The Morgan fingerprint density at radius 3 is 2.74 bits per heavy atom. The van der Waals surface area contributed by atoms with Crippen LogP contribution in [0.3, 0.4) is 0 Å². The topological polar surface area (TPSA) is 49.4 Å². The van der Waals surface area contributed by atoms with Crippen molar-refractivity contribution in [2.45, 2.75) is 19.2 Å². The molecule has 0 saturated carbocycles. The molecule has 1 heterocycles. The third-order valence-electron chi connectivity index (χ3n) is 3.02. The van der Waals surface area contributed by atoms with Gasteiger partial charge in [0.15, 0.2) is 0 Å². The molecule has 1 saturated heterocycles. The summed E-state index contributed by atoms with van der Waals surface area (Å²) in [4.78, 5) is 25.2. The number of hydrogen-bond acceptors (Lipinski definition) is 3. The molecule has 1 unspecified atom stereocenters. The van der Waals surface area contributed by atoms with Crippen LogP contribution in [0.15, 0.2) is 24.3 Å². The van der Waals surface area contributed by atoms with Crippen LogP contribution in [-0.4, -0.2) is 35.6 Å². The number of hydrogen-bond donors (Lipinski definition) is 1. The van der Waals surface area contributed by atoms with Gasteiger partial charge in [-0.05, 0) is 19.4 Å². The zero-order valence-electron chi connectivity index (χ0n) is 11.2. The second-order valence-corrected chi connectivity index (χ2v) is 5.62. The van der Waals surface area contributed by atoms with E-state index in [1.807, 2.05) is 38.1 Å². The Balaban J connectivity index is 2.12. The van der Waals surface area contributed by atoms with Crippen LogP contribution in [0.1, 0.15) is 23.4 Å². The molecule has 0 spiro atoms. The smallest absolute Gasteiger partial charge is 0.239 e. The molecule has 1 fully saturated rings. The van der Waals surface area contributed by atoms with Crippen LogP contribution in [0, 0.1) is 6.92 Å². The number of likely N-dealkylation sites (N-methyl/N-ethyl adjacent to an activating group) is 1. The van der Waals surface area contributed by atoms with E-state index in [1.54, 1.807) is 16.7 Å². The Kier molecular flexibility index (Phi) is 4.47. The summed E-state index contributed by atoms with van der Waals surface area (Å²) < 4.78 is 0. The molecule has 1 aromatic rings. The Hall–Kier alpha value is -1.49. The zero-order valence-corrected chi connectivity index (χ0v) is 12.0. The van der Waals surface area contributed by atoms with Crippen molar-refractivity contribution in [1.82, 2.24) is 10.2 Å². The van der Waals surface area contributed by atoms with Gasteiger partial charge in [-0.2, -0.15) is 0 Å². The number of carbonyl (C=O) groups excluding carboxylic acids is 2. The van der Waals surface area contributed by atoms with Crippen molar-refractivity contribution in [3.63, 3.8) is 0 Å². The lowest BCUT2D eigenvalue weighted by molar-refractivity contribution is -0.133. The van der Waals surface area contributed by atoms with Crippen LogP contribution in [0.2, 0.25) is 0 Å². The van der Waals surface area contributed by atoms with Crippen molar-refractivity contribution < 1.29 is 9.59 Å². The molecule has 2 amide bonds. The first-order valence-corrected chi connectivity index (χ1v) is 7.41. The lowest BCUT2D eigenvalue weighted by atomic mass is 10.1. The van der Waals surface area contributed by atoms with Crippen LogP contribution in [-0.2, 0) is 9.59 Å². The molecule has 2 rings (SSSR count). The van der Waals surface area contributed by atoms with Gasteiger partial charge in [-0.15, -0.1) is 11.8 Å². The normalized spacial score (nSPS) is 18.7. The predicted molar refractivity (Wildman–Crippen MR) is 76.8 cm³/mol. The van der Waals surface area contributed by atoms with Gasteiger partial charge in [0.1, 0.15) is 11.9 Å². The number of carbonyl (C=O) groups is 2. The number of rotatable bonds is 4. The van der Waals surface area contributed by atoms with Crippen LogP contribution in [0.5, 0.6) is 0 Å². The van der Waals surface area contributed by atoms with Gasteiger partial charge >= 0.3 is 0 Å². The van der Waals surface area contributed by atoms with Gasteiger partial charge in [-0.3, -0.25) is 9.59 Å². The van der Waals surface area contributed by atoms with Gasteiger partial charge in [-0.25, -0.2) is 0 Å². The van der Waals surface area contributed by atoms with Crippen LogP contribution < -0.4 is 5.32 Å². The lowest BCUT2D eigenvalue weighted by Gasteiger charge is -2.23. The summed E-state index contributed by atoms with van der Waals surface area (Å²) in [6, 6.07) is 8.11. The minimum atomic E-state index is -0.101. The summed E-state index contributed by atoms with van der Waals surface area (Å²) >= 11 is 1.57. The number of aryl methyl sites for hydroxylation is 1. The first kappa shape index (κ1) is 13.9. The van der Waals surface area contributed by atoms with E-state index in [0.717, 1.165) is 5.56 Å². The molecule has 0 bridgehead atoms. The number of nitrogens with one attached hydrogen (secondary N) is 1. The van der Waals surface area contributed by atoms with E-state index < -0.39 is 0 Å². The molecule has 0 aliphatic carbocycles. The SMILES string of the molecule is CCNC(=O)CN1C(=O)CSC1c1ccc(C)cc1. The summed E-state index contributed by atoms with van der Waals surface area (Å²) in [5.74, 6) is 0.370. The first-order chi connectivity index (χ1) is 9.11. The van der Waals surface area contributed by atoms with E-state index in [2.05, 4.69) is 5.32 Å². The van der Waals surface area contributed by atoms with Crippen molar-refractivity contribution in [3.05, 3.63) is 35.4 Å². The zero-order chi connectivity index (χ0) is 13.8. The highest BCUT2D eigenvalue weighted by molar-refractivity contribution is 8.00. The van der Waals surface area contributed by atoms with Gasteiger partial charge < -0.3 is 10.2 Å². The molecule has 5 heteroatoms. The van der Waals surface area contributed by atoms with E-state index in [1.165, 1.54) is 5.56 Å². The fourth-order valence-corrected chi connectivity index (χ4v) is 3.23. The standard InChI is InChI=1S/C14H18N2O2S/c1-3-15-12(17)8-16-13(18)9-19-14(16)11-6-4-10(2)5-7-11/h4-7,14H,3,8-9H2,1-2H3,(H,15,17). The number of nitrogens with zero attached hydrogens (tertiary/aromatic N) is 1. The van der Waals surface area contributed by atoms with Gasteiger partial charge in [0.2, 0.25) is 11.8 Å². The molecule has 102 valence electrons. The largest absolute Gasteiger partial charge is 0.355 e. The van der Waals surface area contributed by atoms with Gasteiger partial charge in [-0.1, -0.05) is 29.8 Å². The van der Waals surface area contributed by atoms with Crippen LogP contribution in [0.25, 0.3) is 0 Å². The summed E-state index contributed by atoms with van der Waals surface area (Å²) in [6.45, 7) is 4.63. The van der Waals surface area contributed by atoms with E-state index in [4.69, 9.17) is 0 Å². The van der Waals surface area contributed by atoms with Crippen molar-refractivity contribution in [2.24, 2.45) is 0 Å². The maximum absolute atomic E-state index is 11.9. The summed E-state index contributed by atoms with van der Waals surface area (Å²) in [7, 11) is 0. The number of benzene rings is 1. The second kappa shape index (κ2) is 6.10. The minimum Gasteiger partial charge on any atom is -0.355 e. The van der Waals surface area contributed by atoms with Crippen molar-refractivity contribution in [1.29, 1.82) is 0 Å². The average molecular weight is 278 g/mol. The monoisotopic (exact) mass is 278 g/mol. The highest BCUT2D eigenvalue weighted by Gasteiger charge is 2.33. The summed E-state index contributed by atoms with van der Waals surface area (Å²) in [5.41, 5.74) is 2.26. The van der Waals surface area contributed by atoms with Gasteiger partial charge in [0, 0.05) is 6.54 Å². The lowest BCUT2D eigenvalue weighted by Crippen LogP contribution is -2.39. The molecular formula is C14H18N2O2S. The Bertz CT molecular complexity index is 473. The van der Waals surface area contributed by atoms with E-state index in [9.17, 15) is 9.59 Å². The Morgan fingerprint density at radius 1 is 1.42 bits per heavy atom. The molecule has 0 aromatic heterocycles. The molecule has 1 atom stereocenters. The first-order valence-electron chi connectivity index (χ1n) is 6.36. The quantitative estimate of drug-likeness (QED) is 0.912. The fraction of sp³-hybridized carbons (Fsp3) is 0.429. The fourth-order valence-electron chi connectivity index (χ4n) is 2.04. The molecule has 1 aliphatic rings. The molecule has 0 radical (unpaired) electrons. The van der Waals surface area contributed by atoms with E-state index in [0.29, 0.717) is 12.3 Å². The highest BCUT2D eigenvalue weighted by Crippen LogP contribution is 2.38. The number of amides is 2. The highest BCUT2D eigenvalue weighted by atomic mass is 32.2. The molecule has 4 nitrogen and oxygen atoms in total. The third kappa shape index (κ3) is 3.29. The Labute approximate surface area is 117 Å². The minimum absolute atomic E-state index is 0.0295. The van der Waals surface area contributed by atoms with Gasteiger partial charge in [0.05, 0.1) is 5.75 Å². The van der Waals surface area contributed by atoms with Crippen molar-refractivity contribution in [2.75, 3.05) is 18.8 Å². The summed E-state index contributed by atoms with van der Waals surface area (Å²) in [6.07, 6.45) is 0. The molecule has 1 aromatic carbocycles. The predicted octanol–water partition coefficient (Wildman–Crippen LogP) is 1.71. The van der Waals surface area contributed by atoms with Gasteiger partial charge in [0.25, 0.3) is 0 Å².